The molecule has 2 rings (SSSR count). The Morgan fingerprint density at radius 1 is 1.20 bits per heavy atom. The van der Waals surface area contributed by atoms with Crippen molar-refractivity contribution in [2.24, 2.45) is 5.92 Å². The molecule has 5 heteroatoms. The standard InChI is InChI=1S/C15H19BrF3N/c1-11(16)13-6-8-20(9-7-13)10-12-2-4-14(5-3-12)15(17,18)19/h2-5,11,13H,6-10H2,1H3. The van der Waals surface area contributed by atoms with E-state index in [1.54, 1.807) is 12.1 Å². The Balaban J connectivity index is 1.89. The van der Waals surface area contributed by atoms with Crippen LogP contribution in [0, 0.1) is 5.92 Å². The fourth-order valence-corrected chi connectivity index (χ4v) is 3.16. The molecule has 20 heavy (non-hydrogen) atoms. The largest absolute Gasteiger partial charge is 0.416 e. The van der Waals surface area contributed by atoms with Gasteiger partial charge in [0.15, 0.2) is 0 Å². The smallest absolute Gasteiger partial charge is 0.299 e. The van der Waals surface area contributed by atoms with Crippen molar-refractivity contribution in [1.82, 2.24) is 4.90 Å². The minimum atomic E-state index is -4.25. The Bertz CT molecular complexity index is 420. The van der Waals surface area contributed by atoms with E-state index in [-0.39, 0.29) is 0 Å². The van der Waals surface area contributed by atoms with Crippen LogP contribution in [0.2, 0.25) is 0 Å². The number of likely N-dealkylation sites (tertiary alicyclic amines) is 1. The predicted molar refractivity (Wildman–Crippen MR) is 77.8 cm³/mol. The minimum absolute atomic E-state index is 0.538. The SMILES string of the molecule is CC(Br)C1CCN(Cc2ccc(C(F)(F)F)cc2)CC1. The molecule has 0 radical (unpaired) electrons. The minimum Gasteiger partial charge on any atom is -0.299 e. The van der Waals surface area contributed by atoms with Crippen LogP contribution >= 0.6 is 15.9 Å². The number of hydrogen-bond donors (Lipinski definition) is 0. The van der Waals surface area contributed by atoms with Gasteiger partial charge in [-0.1, -0.05) is 35.0 Å². The molecule has 0 amide bonds. The molecule has 112 valence electrons. The third-order valence-electron chi connectivity index (χ3n) is 3.97. The molecule has 1 atom stereocenters. The number of nitrogens with zero attached hydrogens (tertiary/aromatic N) is 1. The molecule has 1 nitrogen and oxygen atoms in total. The molecule has 1 aromatic rings. The molecule has 0 spiro atoms. The van der Waals surface area contributed by atoms with E-state index in [0.717, 1.165) is 38.0 Å². The molecular weight excluding hydrogens is 331 g/mol. The molecule has 0 saturated carbocycles. The molecule has 0 N–H and O–H groups in total. The van der Waals surface area contributed by atoms with E-state index in [9.17, 15) is 13.2 Å². The van der Waals surface area contributed by atoms with Crippen LogP contribution in [-0.2, 0) is 12.7 Å². The van der Waals surface area contributed by atoms with Crippen LogP contribution in [0.1, 0.15) is 30.9 Å². The van der Waals surface area contributed by atoms with Gasteiger partial charge in [0.2, 0.25) is 0 Å². The summed E-state index contributed by atoms with van der Waals surface area (Å²) in [5.41, 5.74) is 0.372. The third kappa shape index (κ3) is 4.22. The predicted octanol–water partition coefficient (Wildman–Crippen LogP) is 4.70. The van der Waals surface area contributed by atoms with E-state index in [0.29, 0.717) is 10.7 Å². The molecule has 1 heterocycles. The van der Waals surface area contributed by atoms with Crippen molar-refractivity contribution in [2.75, 3.05) is 13.1 Å². The first kappa shape index (κ1) is 15.8. The Hall–Kier alpha value is -0.550. The van der Waals surface area contributed by atoms with Crippen LogP contribution in [0.4, 0.5) is 13.2 Å². The van der Waals surface area contributed by atoms with Gasteiger partial charge in [-0.25, -0.2) is 0 Å². The number of piperidine rings is 1. The van der Waals surface area contributed by atoms with E-state index in [4.69, 9.17) is 0 Å². The number of halogens is 4. The number of rotatable bonds is 3. The fraction of sp³-hybridized carbons (Fsp3) is 0.600. The Morgan fingerprint density at radius 3 is 2.20 bits per heavy atom. The van der Waals surface area contributed by atoms with E-state index < -0.39 is 11.7 Å². The first-order valence-corrected chi connectivity index (χ1v) is 7.80. The Labute approximate surface area is 126 Å². The zero-order valence-corrected chi connectivity index (χ0v) is 13.0. The van der Waals surface area contributed by atoms with Crippen LogP contribution in [0.25, 0.3) is 0 Å². The van der Waals surface area contributed by atoms with Gasteiger partial charge in [0, 0.05) is 11.4 Å². The second kappa shape index (κ2) is 6.48. The lowest BCUT2D eigenvalue weighted by Gasteiger charge is -2.33. The maximum Gasteiger partial charge on any atom is 0.416 e. The second-order valence-electron chi connectivity index (χ2n) is 5.49. The highest BCUT2D eigenvalue weighted by atomic mass is 79.9. The zero-order chi connectivity index (χ0) is 14.8. The summed E-state index contributed by atoms with van der Waals surface area (Å²) in [6.45, 7) is 4.95. The first-order chi connectivity index (χ1) is 9.36. The topological polar surface area (TPSA) is 3.24 Å². The quantitative estimate of drug-likeness (QED) is 0.715. The summed E-state index contributed by atoms with van der Waals surface area (Å²) in [6, 6.07) is 5.51. The number of alkyl halides is 4. The maximum absolute atomic E-state index is 12.5. The van der Waals surface area contributed by atoms with E-state index in [1.165, 1.54) is 12.1 Å². The lowest BCUT2D eigenvalue weighted by Crippen LogP contribution is -2.35. The summed E-state index contributed by atoms with van der Waals surface area (Å²) < 4.78 is 37.4. The van der Waals surface area contributed by atoms with Gasteiger partial charge in [0.1, 0.15) is 0 Å². The van der Waals surface area contributed by atoms with E-state index >= 15 is 0 Å². The number of hydrogen-bond acceptors (Lipinski definition) is 1. The van der Waals surface area contributed by atoms with Gasteiger partial charge in [-0.3, -0.25) is 4.90 Å². The van der Waals surface area contributed by atoms with E-state index in [2.05, 4.69) is 27.8 Å². The average Bonchev–Trinajstić information content (AvgIpc) is 2.39. The zero-order valence-electron chi connectivity index (χ0n) is 11.5. The Morgan fingerprint density at radius 2 is 1.75 bits per heavy atom. The van der Waals surface area contributed by atoms with Gasteiger partial charge < -0.3 is 0 Å². The normalized spacial score (nSPS) is 20.1. The summed E-state index contributed by atoms with van der Waals surface area (Å²) in [4.78, 5) is 2.85. The summed E-state index contributed by atoms with van der Waals surface area (Å²) >= 11 is 3.62. The van der Waals surface area contributed by atoms with Crippen molar-refractivity contribution in [3.05, 3.63) is 35.4 Å². The molecule has 1 fully saturated rings. The second-order valence-corrected chi connectivity index (χ2v) is 6.93. The van der Waals surface area contributed by atoms with Crippen molar-refractivity contribution in [1.29, 1.82) is 0 Å². The molecule has 1 aromatic carbocycles. The highest BCUT2D eigenvalue weighted by molar-refractivity contribution is 9.09. The van der Waals surface area contributed by atoms with Crippen LogP contribution < -0.4 is 0 Å². The maximum atomic E-state index is 12.5. The number of benzene rings is 1. The summed E-state index contributed by atoms with van der Waals surface area (Å²) in [5, 5.41) is 0. The van der Waals surface area contributed by atoms with Gasteiger partial charge in [0.25, 0.3) is 0 Å². The molecule has 0 aliphatic carbocycles. The summed E-state index contributed by atoms with van der Waals surface area (Å²) in [7, 11) is 0. The molecular formula is C15H19BrF3N. The van der Waals surface area contributed by atoms with Crippen molar-refractivity contribution >= 4 is 15.9 Å². The van der Waals surface area contributed by atoms with Gasteiger partial charge >= 0.3 is 6.18 Å². The summed E-state index contributed by atoms with van der Waals surface area (Å²) in [6.07, 6.45) is -1.96. The molecule has 1 aliphatic heterocycles. The molecule has 1 saturated heterocycles. The van der Waals surface area contributed by atoms with Crippen LogP contribution in [-0.4, -0.2) is 22.8 Å². The van der Waals surface area contributed by atoms with Crippen molar-refractivity contribution in [2.45, 2.75) is 37.3 Å². The van der Waals surface area contributed by atoms with Crippen molar-refractivity contribution < 1.29 is 13.2 Å². The van der Waals surface area contributed by atoms with Gasteiger partial charge in [-0.15, -0.1) is 0 Å². The third-order valence-corrected chi connectivity index (χ3v) is 4.72. The fourth-order valence-electron chi connectivity index (χ4n) is 2.63. The monoisotopic (exact) mass is 349 g/mol. The van der Waals surface area contributed by atoms with Crippen LogP contribution in [0.3, 0.4) is 0 Å². The van der Waals surface area contributed by atoms with E-state index in [1.807, 2.05) is 0 Å². The van der Waals surface area contributed by atoms with Crippen LogP contribution in [0.15, 0.2) is 24.3 Å². The average molecular weight is 350 g/mol. The molecule has 1 unspecified atom stereocenters. The molecule has 1 aliphatic rings. The highest BCUT2D eigenvalue weighted by Crippen LogP contribution is 2.30. The van der Waals surface area contributed by atoms with Crippen molar-refractivity contribution in [3.63, 3.8) is 0 Å². The summed E-state index contributed by atoms with van der Waals surface area (Å²) in [5.74, 6) is 0.707. The van der Waals surface area contributed by atoms with Crippen molar-refractivity contribution in [3.8, 4) is 0 Å². The Kier molecular flexibility index (Phi) is 5.13. The first-order valence-electron chi connectivity index (χ1n) is 6.89. The lowest BCUT2D eigenvalue weighted by atomic mass is 9.94. The lowest BCUT2D eigenvalue weighted by molar-refractivity contribution is -0.137. The van der Waals surface area contributed by atoms with Gasteiger partial charge in [-0.2, -0.15) is 13.2 Å². The highest BCUT2D eigenvalue weighted by Gasteiger charge is 2.30. The van der Waals surface area contributed by atoms with Gasteiger partial charge in [0.05, 0.1) is 5.56 Å². The van der Waals surface area contributed by atoms with Crippen LogP contribution in [0.5, 0.6) is 0 Å². The molecule has 0 aromatic heterocycles. The molecule has 0 bridgehead atoms. The van der Waals surface area contributed by atoms with Gasteiger partial charge in [-0.05, 0) is 49.5 Å².